The maximum atomic E-state index is 6.48. The lowest BCUT2D eigenvalue weighted by molar-refractivity contribution is 0.476. The van der Waals surface area contributed by atoms with E-state index in [1.165, 1.54) is 0 Å². The quantitative estimate of drug-likeness (QED) is 0.134. The van der Waals surface area contributed by atoms with Gasteiger partial charge in [0.25, 0.3) is 0 Å². The largest absolute Gasteiger partial charge is 0.453 e. The molecule has 0 fully saturated rings. The van der Waals surface area contributed by atoms with Gasteiger partial charge in [-0.25, -0.2) is 9.97 Å². The number of aromatic nitrogens is 2. The molecular formula is C40H20N6O2S2. The molecule has 3 heterocycles. The second-order valence-electron chi connectivity index (χ2n) is 11.7. The van der Waals surface area contributed by atoms with Gasteiger partial charge >= 0.3 is 0 Å². The molecule has 3 aliphatic rings. The number of benzene rings is 6. The van der Waals surface area contributed by atoms with E-state index < -0.39 is 0 Å². The van der Waals surface area contributed by atoms with Crippen LogP contribution >= 0.6 is 24.4 Å². The number of rotatable bonds is 4. The second-order valence-corrected chi connectivity index (χ2v) is 12.1. The Labute approximate surface area is 296 Å². The van der Waals surface area contributed by atoms with Gasteiger partial charge < -0.3 is 19.3 Å². The SMILES string of the molecule is S=C=Nc1nc2c(nc1N=C=S)-c1cc(N3c4ccccc4Oc4ccccc43)c(N3c4ccccc4Oc4ccccc43)c3cccc-2c13. The van der Waals surface area contributed by atoms with Crippen molar-refractivity contribution in [2.24, 2.45) is 9.98 Å². The highest BCUT2D eigenvalue weighted by Crippen LogP contribution is 2.61. The van der Waals surface area contributed by atoms with Gasteiger partial charge in [0.1, 0.15) is 0 Å². The summed E-state index contributed by atoms with van der Waals surface area (Å²) in [5.74, 6) is 3.44. The molecule has 0 saturated heterocycles. The number of anilines is 6. The molecule has 0 spiro atoms. The number of ether oxygens (including phenoxy) is 2. The van der Waals surface area contributed by atoms with E-state index in [1.807, 2.05) is 72.8 Å². The van der Waals surface area contributed by atoms with E-state index in [1.54, 1.807) is 0 Å². The molecule has 7 aromatic rings. The molecule has 10 rings (SSSR count). The number of isothiocyanates is 2. The summed E-state index contributed by atoms with van der Waals surface area (Å²) in [4.78, 5) is 22.8. The number of fused-ring (bicyclic) bond motifs is 7. The van der Waals surface area contributed by atoms with Crippen molar-refractivity contribution in [1.29, 1.82) is 0 Å². The van der Waals surface area contributed by atoms with Gasteiger partial charge in [0.05, 0.1) is 55.8 Å². The van der Waals surface area contributed by atoms with Crippen LogP contribution in [0.4, 0.5) is 45.8 Å². The molecule has 0 unspecified atom stereocenters. The highest BCUT2D eigenvalue weighted by atomic mass is 32.1. The Morgan fingerprint density at radius 2 is 0.960 bits per heavy atom. The van der Waals surface area contributed by atoms with Gasteiger partial charge in [0, 0.05) is 21.9 Å². The number of thiocarbonyl (C=S) groups is 2. The first-order valence-corrected chi connectivity index (χ1v) is 16.6. The van der Waals surface area contributed by atoms with E-state index >= 15 is 0 Å². The molecular weight excluding hydrogens is 661 g/mol. The molecule has 0 amide bonds. The van der Waals surface area contributed by atoms with E-state index in [0.29, 0.717) is 11.4 Å². The molecule has 1 aliphatic carbocycles. The zero-order chi connectivity index (χ0) is 33.3. The predicted molar refractivity (Wildman–Crippen MR) is 203 cm³/mol. The summed E-state index contributed by atoms with van der Waals surface area (Å²) in [6.45, 7) is 0. The van der Waals surface area contributed by atoms with Crippen molar-refractivity contribution in [3.8, 4) is 45.5 Å². The summed E-state index contributed by atoms with van der Waals surface area (Å²) in [6, 6.07) is 40.8. The third-order valence-electron chi connectivity index (χ3n) is 9.11. The van der Waals surface area contributed by atoms with Crippen molar-refractivity contribution in [2.75, 3.05) is 9.80 Å². The van der Waals surface area contributed by atoms with Crippen molar-refractivity contribution in [1.82, 2.24) is 9.97 Å². The lowest BCUT2D eigenvalue weighted by atomic mass is 9.97. The number of aliphatic imine (C=N–C) groups is 2. The zero-order valence-electron chi connectivity index (χ0n) is 25.9. The van der Waals surface area contributed by atoms with Crippen LogP contribution < -0.4 is 19.3 Å². The Bertz CT molecular complexity index is 2630. The van der Waals surface area contributed by atoms with E-state index in [2.05, 4.69) is 78.6 Å². The van der Waals surface area contributed by atoms with Crippen LogP contribution in [0.25, 0.3) is 33.3 Å². The normalized spacial score (nSPS) is 12.6. The van der Waals surface area contributed by atoms with Crippen LogP contribution in [0, 0.1) is 0 Å². The molecule has 6 aromatic carbocycles. The molecule has 0 N–H and O–H groups in total. The number of nitrogens with zero attached hydrogens (tertiary/aromatic N) is 6. The Balaban J connectivity index is 1.38. The highest BCUT2D eigenvalue weighted by molar-refractivity contribution is 7.78. The molecule has 10 heteroatoms. The monoisotopic (exact) mass is 680 g/mol. The summed E-state index contributed by atoms with van der Waals surface area (Å²) in [5, 5.41) is 6.82. The molecule has 0 saturated carbocycles. The molecule has 0 atom stereocenters. The Morgan fingerprint density at radius 3 is 1.46 bits per heavy atom. The predicted octanol–water partition coefficient (Wildman–Crippen LogP) is 11.9. The van der Waals surface area contributed by atoms with Gasteiger partial charge in [-0.15, -0.1) is 0 Å². The van der Waals surface area contributed by atoms with Crippen LogP contribution in [0.15, 0.2) is 131 Å². The first kappa shape index (κ1) is 28.5. The van der Waals surface area contributed by atoms with Crippen molar-refractivity contribution >= 4 is 91.3 Å². The smallest absolute Gasteiger partial charge is 0.209 e. The van der Waals surface area contributed by atoms with Crippen molar-refractivity contribution in [2.45, 2.75) is 0 Å². The summed E-state index contributed by atoms with van der Waals surface area (Å²) in [7, 11) is 0. The van der Waals surface area contributed by atoms with Gasteiger partial charge in [0.2, 0.25) is 11.6 Å². The standard InChI is InChI=1S/C40H20N6O2S2/c49-21-41-39-40(42-22-50)44-37-25-20-30(45-26-12-1-5-16-31(26)47-32-17-6-2-13-27(32)45)38(24-11-9-10-23(35(24)25)36(37)43-39)46-28-14-3-7-18-33(28)48-34-19-8-4-15-29(34)46/h1-20H. The van der Waals surface area contributed by atoms with Crippen LogP contribution in [0.1, 0.15) is 0 Å². The molecule has 1 aromatic heterocycles. The highest BCUT2D eigenvalue weighted by Gasteiger charge is 2.37. The lowest BCUT2D eigenvalue weighted by Crippen LogP contribution is -2.21. The Kier molecular flexibility index (Phi) is 6.26. The minimum atomic E-state index is 0.223. The van der Waals surface area contributed by atoms with Gasteiger partial charge in [-0.1, -0.05) is 66.7 Å². The van der Waals surface area contributed by atoms with E-state index in [-0.39, 0.29) is 11.6 Å². The summed E-state index contributed by atoms with van der Waals surface area (Å²) < 4.78 is 12.9. The zero-order valence-corrected chi connectivity index (χ0v) is 27.5. The van der Waals surface area contributed by atoms with E-state index in [4.69, 9.17) is 43.9 Å². The molecule has 50 heavy (non-hydrogen) atoms. The first-order valence-electron chi connectivity index (χ1n) is 15.7. The maximum absolute atomic E-state index is 6.48. The van der Waals surface area contributed by atoms with Crippen LogP contribution in [0.5, 0.6) is 23.0 Å². The summed E-state index contributed by atoms with van der Waals surface area (Å²) in [5.41, 5.74) is 8.60. The molecule has 2 aliphatic heterocycles. The third kappa shape index (κ3) is 4.05. The fourth-order valence-corrected chi connectivity index (χ4v) is 7.36. The van der Waals surface area contributed by atoms with Crippen LogP contribution in [0.2, 0.25) is 0 Å². The van der Waals surface area contributed by atoms with Crippen LogP contribution in [-0.4, -0.2) is 20.3 Å². The molecule has 0 radical (unpaired) electrons. The first-order chi connectivity index (χ1) is 24.7. The Hall–Kier alpha value is -6.54. The van der Waals surface area contributed by atoms with Crippen molar-refractivity contribution in [3.05, 3.63) is 121 Å². The van der Waals surface area contributed by atoms with Crippen LogP contribution in [0.3, 0.4) is 0 Å². The number of hydrogen-bond acceptors (Lipinski definition) is 10. The van der Waals surface area contributed by atoms with Gasteiger partial charge in [0.15, 0.2) is 23.0 Å². The third-order valence-corrected chi connectivity index (χ3v) is 9.30. The van der Waals surface area contributed by atoms with Crippen LogP contribution in [-0.2, 0) is 0 Å². The summed E-state index contributed by atoms with van der Waals surface area (Å²) >= 11 is 9.91. The van der Waals surface area contributed by atoms with E-state index in [9.17, 15) is 0 Å². The van der Waals surface area contributed by atoms with Crippen molar-refractivity contribution < 1.29 is 9.47 Å². The fraction of sp³-hybridized carbons (Fsp3) is 0. The maximum Gasteiger partial charge on any atom is 0.209 e. The van der Waals surface area contributed by atoms with E-state index in [0.717, 1.165) is 79.0 Å². The topological polar surface area (TPSA) is 75.4 Å². The van der Waals surface area contributed by atoms with Gasteiger partial charge in [-0.3, -0.25) is 0 Å². The molecule has 8 nitrogen and oxygen atoms in total. The average Bonchev–Trinajstić information content (AvgIpc) is 3.46. The minimum absolute atomic E-state index is 0.223. The average molecular weight is 681 g/mol. The molecule has 0 bridgehead atoms. The van der Waals surface area contributed by atoms with Gasteiger partial charge in [-0.05, 0) is 79.0 Å². The minimum Gasteiger partial charge on any atom is -0.453 e. The number of para-hydroxylation sites is 8. The van der Waals surface area contributed by atoms with Crippen molar-refractivity contribution in [3.63, 3.8) is 0 Å². The Morgan fingerprint density at radius 1 is 0.500 bits per heavy atom. The fourth-order valence-electron chi connectivity index (χ4n) is 7.18. The molecule has 234 valence electrons. The summed E-state index contributed by atoms with van der Waals surface area (Å²) in [6.07, 6.45) is 0. The second kappa shape index (κ2) is 11.0. The number of hydrogen-bond donors (Lipinski definition) is 0. The van der Waals surface area contributed by atoms with Gasteiger partial charge in [-0.2, -0.15) is 9.98 Å². The lowest BCUT2D eigenvalue weighted by Gasteiger charge is -2.39.